The molecule has 76 valence electrons. The van der Waals surface area contributed by atoms with Crippen molar-refractivity contribution in [2.24, 2.45) is 16.8 Å². The van der Waals surface area contributed by atoms with E-state index in [-0.39, 0.29) is 0 Å². The summed E-state index contributed by atoms with van der Waals surface area (Å²) in [5.41, 5.74) is 0. The Morgan fingerprint density at radius 1 is 1.46 bits per heavy atom. The van der Waals surface area contributed by atoms with Gasteiger partial charge in [0.2, 0.25) is 0 Å². The number of thioether (sulfide) groups is 1. The first-order valence-electron chi connectivity index (χ1n) is 5.03. The van der Waals surface area contributed by atoms with Gasteiger partial charge in [-0.15, -0.1) is 0 Å². The van der Waals surface area contributed by atoms with Crippen LogP contribution >= 0.6 is 11.8 Å². The predicted octanol–water partition coefficient (Wildman–Crippen LogP) is 2.36. The maximum absolute atomic E-state index is 4.52. The third-order valence-corrected chi connectivity index (χ3v) is 3.16. The van der Waals surface area contributed by atoms with Crippen LogP contribution in [0.4, 0.5) is 0 Å². The lowest BCUT2D eigenvalue weighted by molar-refractivity contribution is 0.502. The van der Waals surface area contributed by atoms with E-state index in [1.165, 1.54) is 5.75 Å². The molecule has 0 radical (unpaired) electrons. The Balaban J connectivity index is 2.36. The van der Waals surface area contributed by atoms with E-state index in [1.807, 2.05) is 11.8 Å². The third kappa shape index (κ3) is 3.59. The highest BCUT2D eigenvalue weighted by Gasteiger charge is 2.22. The van der Waals surface area contributed by atoms with E-state index in [2.05, 4.69) is 38.0 Å². The molecule has 0 aromatic carbocycles. The number of hydrogen-bond acceptors (Lipinski definition) is 2. The molecule has 0 amide bonds. The average molecular weight is 200 g/mol. The second kappa shape index (κ2) is 4.89. The van der Waals surface area contributed by atoms with Gasteiger partial charge in [-0.3, -0.25) is 4.99 Å². The van der Waals surface area contributed by atoms with Crippen LogP contribution in [0.2, 0.25) is 0 Å². The number of aliphatic imine (C=N–C) groups is 1. The van der Waals surface area contributed by atoms with Crippen LogP contribution in [0.25, 0.3) is 0 Å². The molecule has 13 heavy (non-hydrogen) atoms. The summed E-state index contributed by atoms with van der Waals surface area (Å²) in [6, 6.07) is 0.621. The summed E-state index contributed by atoms with van der Waals surface area (Å²) in [6.07, 6.45) is 0. The quantitative estimate of drug-likeness (QED) is 0.756. The third-order valence-electron chi connectivity index (χ3n) is 2.11. The van der Waals surface area contributed by atoms with Crippen LogP contribution in [-0.4, -0.2) is 23.5 Å². The van der Waals surface area contributed by atoms with Gasteiger partial charge >= 0.3 is 0 Å². The molecule has 0 spiro atoms. The molecular weight excluding hydrogens is 180 g/mol. The number of rotatable bonds is 3. The van der Waals surface area contributed by atoms with Gasteiger partial charge in [-0.25, -0.2) is 0 Å². The fraction of sp³-hybridized carbons (Fsp3) is 0.900. The van der Waals surface area contributed by atoms with Crippen LogP contribution in [0.5, 0.6) is 0 Å². The minimum atomic E-state index is 0.621. The molecule has 1 aliphatic heterocycles. The van der Waals surface area contributed by atoms with Gasteiger partial charge < -0.3 is 5.32 Å². The standard InChI is InChI=1S/C10H20N2S/c1-7(2)5-11-10-12-9(6-13-10)8(3)4/h7-9H,5-6H2,1-4H3,(H,11,12). The van der Waals surface area contributed by atoms with Crippen LogP contribution in [0, 0.1) is 11.8 Å². The van der Waals surface area contributed by atoms with Gasteiger partial charge in [0, 0.05) is 18.3 Å². The summed E-state index contributed by atoms with van der Waals surface area (Å²) in [4.78, 5) is 4.52. The monoisotopic (exact) mass is 200 g/mol. The summed E-state index contributed by atoms with van der Waals surface area (Å²) in [6.45, 7) is 9.85. The molecule has 0 aliphatic carbocycles. The van der Waals surface area contributed by atoms with Crippen molar-refractivity contribution in [3.05, 3.63) is 0 Å². The Kier molecular flexibility index (Phi) is 4.10. The highest BCUT2D eigenvalue weighted by atomic mass is 32.2. The summed E-state index contributed by atoms with van der Waals surface area (Å²) in [5.74, 6) is 2.54. The van der Waals surface area contributed by atoms with Crippen molar-refractivity contribution in [3.8, 4) is 0 Å². The van der Waals surface area contributed by atoms with E-state index in [9.17, 15) is 0 Å². The second-order valence-corrected chi connectivity index (χ2v) is 5.35. The van der Waals surface area contributed by atoms with Crippen molar-refractivity contribution >= 4 is 16.9 Å². The van der Waals surface area contributed by atoms with E-state index in [1.54, 1.807) is 0 Å². The maximum Gasteiger partial charge on any atom is 0.156 e. The van der Waals surface area contributed by atoms with Gasteiger partial charge in [0.1, 0.15) is 0 Å². The Morgan fingerprint density at radius 2 is 2.15 bits per heavy atom. The van der Waals surface area contributed by atoms with Gasteiger partial charge in [0.15, 0.2) is 5.17 Å². The Morgan fingerprint density at radius 3 is 2.62 bits per heavy atom. The minimum Gasteiger partial charge on any atom is -0.361 e. The molecular formula is C10H20N2S. The van der Waals surface area contributed by atoms with Crippen LogP contribution in [0.3, 0.4) is 0 Å². The lowest BCUT2D eigenvalue weighted by Crippen LogP contribution is -2.31. The van der Waals surface area contributed by atoms with Gasteiger partial charge in [-0.1, -0.05) is 39.5 Å². The SMILES string of the molecule is CC(C)CN=C1NC(C(C)C)CS1. The first-order valence-corrected chi connectivity index (χ1v) is 6.02. The molecule has 1 atom stereocenters. The van der Waals surface area contributed by atoms with Crippen molar-refractivity contribution in [2.75, 3.05) is 12.3 Å². The Labute approximate surface area is 85.6 Å². The smallest absolute Gasteiger partial charge is 0.156 e. The zero-order valence-corrected chi connectivity index (χ0v) is 9.82. The fourth-order valence-electron chi connectivity index (χ4n) is 1.13. The predicted molar refractivity (Wildman–Crippen MR) is 61.4 cm³/mol. The molecule has 0 aromatic heterocycles. The van der Waals surface area contributed by atoms with Gasteiger partial charge in [-0.05, 0) is 11.8 Å². The molecule has 3 heteroatoms. The van der Waals surface area contributed by atoms with Crippen molar-refractivity contribution in [3.63, 3.8) is 0 Å². The summed E-state index contributed by atoms with van der Waals surface area (Å²) in [5, 5.41) is 4.60. The van der Waals surface area contributed by atoms with E-state index >= 15 is 0 Å². The molecule has 1 heterocycles. The maximum atomic E-state index is 4.52. The van der Waals surface area contributed by atoms with Crippen LogP contribution < -0.4 is 5.32 Å². The van der Waals surface area contributed by atoms with Gasteiger partial charge in [0.05, 0.1) is 0 Å². The molecule has 1 unspecified atom stereocenters. The van der Waals surface area contributed by atoms with Crippen molar-refractivity contribution in [1.82, 2.24) is 5.32 Å². The zero-order chi connectivity index (χ0) is 9.84. The molecule has 1 saturated heterocycles. The van der Waals surface area contributed by atoms with Crippen molar-refractivity contribution < 1.29 is 0 Å². The lowest BCUT2D eigenvalue weighted by Gasteiger charge is -2.13. The molecule has 1 N–H and O–H groups in total. The van der Waals surface area contributed by atoms with E-state index < -0.39 is 0 Å². The molecule has 1 rings (SSSR count). The number of hydrogen-bond donors (Lipinski definition) is 1. The second-order valence-electron chi connectivity index (χ2n) is 4.35. The Hall–Kier alpha value is -0.180. The van der Waals surface area contributed by atoms with E-state index in [4.69, 9.17) is 0 Å². The lowest BCUT2D eigenvalue weighted by atomic mass is 10.1. The fourth-order valence-corrected chi connectivity index (χ4v) is 2.33. The normalized spacial score (nSPS) is 26.0. The minimum absolute atomic E-state index is 0.621. The molecule has 2 nitrogen and oxygen atoms in total. The summed E-state index contributed by atoms with van der Waals surface area (Å²) >= 11 is 1.86. The van der Waals surface area contributed by atoms with E-state index in [0.29, 0.717) is 17.9 Å². The highest BCUT2D eigenvalue weighted by Crippen LogP contribution is 2.19. The molecule has 1 aliphatic rings. The summed E-state index contributed by atoms with van der Waals surface area (Å²) < 4.78 is 0. The van der Waals surface area contributed by atoms with Crippen molar-refractivity contribution in [1.29, 1.82) is 0 Å². The van der Waals surface area contributed by atoms with Crippen LogP contribution in [-0.2, 0) is 0 Å². The molecule has 0 bridgehead atoms. The topological polar surface area (TPSA) is 24.4 Å². The summed E-state index contributed by atoms with van der Waals surface area (Å²) in [7, 11) is 0. The molecule has 0 saturated carbocycles. The Bertz CT molecular complexity index is 187. The van der Waals surface area contributed by atoms with Crippen molar-refractivity contribution in [2.45, 2.75) is 33.7 Å². The first-order chi connectivity index (χ1) is 6.09. The largest absolute Gasteiger partial charge is 0.361 e. The van der Waals surface area contributed by atoms with Gasteiger partial charge in [-0.2, -0.15) is 0 Å². The average Bonchev–Trinajstić information content (AvgIpc) is 2.48. The highest BCUT2D eigenvalue weighted by molar-refractivity contribution is 8.14. The molecule has 1 fully saturated rings. The van der Waals surface area contributed by atoms with Crippen LogP contribution in [0.1, 0.15) is 27.7 Å². The molecule has 0 aromatic rings. The van der Waals surface area contributed by atoms with Crippen LogP contribution in [0.15, 0.2) is 4.99 Å². The number of nitrogens with zero attached hydrogens (tertiary/aromatic N) is 1. The van der Waals surface area contributed by atoms with E-state index in [0.717, 1.165) is 11.7 Å². The number of amidine groups is 1. The first kappa shape index (κ1) is 10.9. The zero-order valence-electron chi connectivity index (χ0n) is 9.00. The number of nitrogens with one attached hydrogen (secondary N) is 1. The van der Waals surface area contributed by atoms with Gasteiger partial charge in [0.25, 0.3) is 0 Å².